The summed E-state index contributed by atoms with van der Waals surface area (Å²) in [6.07, 6.45) is 18.3. The predicted octanol–water partition coefficient (Wildman–Crippen LogP) is 3.38. The Morgan fingerprint density at radius 3 is 1.38 bits per heavy atom. The van der Waals surface area contributed by atoms with E-state index in [0.717, 1.165) is 147 Å². The second-order valence-corrected chi connectivity index (χ2v) is 25.1. The Morgan fingerprint density at radius 1 is 0.487 bits per heavy atom. The van der Waals surface area contributed by atoms with E-state index in [0.29, 0.717) is 106 Å². The van der Waals surface area contributed by atoms with E-state index in [1.165, 1.54) is 0 Å². The summed E-state index contributed by atoms with van der Waals surface area (Å²) in [6.45, 7) is 7.94. The molecule has 7 aliphatic rings. The molecule has 7 fully saturated rings. The number of piperidine rings is 3. The van der Waals surface area contributed by atoms with E-state index in [1.54, 1.807) is 6.92 Å². The van der Waals surface area contributed by atoms with Gasteiger partial charge < -0.3 is 62.6 Å². The number of carbonyl (C=O) groups is 7. The topological polar surface area (TPSA) is 276 Å². The number of hydrogen-bond acceptors (Lipinski definition) is 16. The minimum atomic E-state index is -0.0673. The molecular formula is C54H89N15O7S2. The fraction of sp³-hybridized carbons (Fsp3) is 0.815. The number of hydrogen-bond donors (Lipinski definition) is 9. The predicted molar refractivity (Wildman–Crippen MR) is 306 cm³/mol. The number of nitrogens with one attached hydrogen (secondary N) is 9. The van der Waals surface area contributed by atoms with E-state index < -0.39 is 0 Å². The summed E-state index contributed by atoms with van der Waals surface area (Å²) in [4.78, 5) is 108. The van der Waals surface area contributed by atoms with Gasteiger partial charge in [-0.1, -0.05) is 25.7 Å². The van der Waals surface area contributed by atoms with Crippen LogP contribution in [-0.4, -0.2) is 180 Å². The van der Waals surface area contributed by atoms with Crippen molar-refractivity contribution >= 4 is 82.8 Å². The normalized spacial score (nSPS) is 24.4. The Morgan fingerprint density at radius 2 is 0.910 bits per heavy atom. The highest BCUT2D eigenvalue weighted by Crippen LogP contribution is 2.35. The molecule has 0 aliphatic carbocycles. The van der Waals surface area contributed by atoms with Gasteiger partial charge in [-0.3, -0.25) is 24.0 Å². The van der Waals surface area contributed by atoms with Gasteiger partial charge in [0, 0.05) is 132 Å². The van der Waals surface area contributed by atoms with Gasteiger partial charge in [-0.2, -0.15) is 38.5 Å². The number of rotatable bonds is 31. The number of urea groups is 2. The molecule has 0 aromatic carbocycles. The number of carbonyl (C=O) groups excluding carboxylic acids is 7. The number of unbranched alkanes of at least 4 members (excludes halogenated alkanes) is 6. The van der Waals surface area contributed by atoms with Gasteiger partial charge in [-0.25, -0.2) is 9.59 Å². The second-order valence-electron chi connectivity index (χ2n) is 22.6. The summed E-state index contributed by atoms with van der Waals surface area (Å²) in [5.74, 6) is 4.31. The quantitative estimate of drug-likeness (QED) is 0.0381. The molecule has 7 saturated heterocycles. The Kier molecular flexibility index (Phi) is 23.3. The van der Waals surface area contributed by atoms with Crippen molar-refractivity contribution in [1.29, 1.82) is 0 Å². The van der Waals surface area contributed by atoms with E-state index in [-0.39, 0.29) is 78.0 Å². The Labute approximate surface area is 469 Å². The number of aromatic nitrogens is 3. The minimum absolute atomic E-state index is 0.0202. The highest BCUT2D eigenvalue weighted by Gasteiger charge is 2.43. The highest BCUT2D eigenvalue weighted by molar-refractivity contribution is 8.00. The molecule has 434 valence electrons. The molecule has 7 aliphatic heterocycles. The zero-order valence-corrected chi connectivity index (χ0v) is 47.7. The monoisotopic (exact) mass is 1120 g/mol. The summed E-state index contributed by atoms with van der Waals surface area (Å²) in [5, 5.41) is 28.9. The first-order valence-electron chi connectivity index (χ1n) is 29.7. The molecule has 78 heavy (non-hydrogen) atoms. The van der Waals surface area contributed by atoms with Crippen molar-refractivity contribution in [2.75, 3.05) is 85.1 Å². The van der Waals surface area contributed by atoms with Crippen molar-refractivity contribution < 1.29 is 33.6 Å². The molecule has 8 rings (SSSR count). The number of thioether (sulfide) groups is 2. The van der Waals surface area contributed by atoms with Crippen molar-refractivity contribution in [2.24, 2.45) is 0 Å². The Hall–Kier alpha value is -4.84. The van der Waals surface area contributed by atoms with Crippen LogP contribution in [0.3, 0.4) is 0 Å². The summed E-state index contributed by atoms with van der Waals surface area (Å²) in [6, 6.07) is 1.05. The van der Waals surface area contributed by atoms with Gasteiger partial charge in [0.1, 0.15) is 5.78 Å². The van der Waals surface area contributed by atoms with Crippen molar-refractivity contribution in [3.05, 3.63) is 0 Å². The average Bonchev–Trinajstić information content (AvgIpc) is 4.20. The largest absolute Gasteiger partial charge is 0.356 e. The van der Waals surface area contributed by atoms with Gasteiger partial charge in [-0.05, 0) is 96.4 Å². The average molecular weight is 1120 g/mol. The van der Waals surface area contributed by atoms with Crippen LogP contribution in [0.15, 0.2) is 0 Å². The van der Waals surface area contributed by atoms with Crippen molar-refractivity contribution in [2.45, 2.75) is 207 Å². The second kappa shape index (κ2) is 30.7. The lowest BCUT2D eigenvalue weighted by Gasteiger charge is -2.36. The highest BCUT2D eigenvalue weighted by atomic mass is 32.2. The number of anilines is 3. The molecule has 6 atom stereocenters. The number of nitrogens with zero attached hydrogens (tertiary/aromatic N) is 6. The molecule has 22 nitrogen and oxygen atoms in total. The van der Waals surface area contributed by atoms with Crippen LogP contribution in [0.1, 0.15) is 155 Å². The summed E-state index contributed by atoms with van der Waals surface area (Å²) in [7, 11) is 0. The third-order valence-corrected chi connectivity index (χ3v) is 19.5. The van der Waals surface area contributed by atoms with Gasteiger partial charge in [-0.15, -0.1) is 0 Å². The molecule has 24 heteroatoms. The molecule has 8 heterocycles. The van der Waals surface area contributed by atoms with Crippen LogP contribution in [0.25, 0.3) is 0 Å². The first-order chi connectivity index (χ1) is 37.9. The van der Waals surface area contributed by atoms with E-state index in [4.69, 9.17) is 15.0 Å². The van der Waals surface area contributed by atoms with Crippen LogP contribution in [0, 0.1) is 0 Å². The van der Waals surface area contributed by atoms with Crippen LogP contribution >= 0.6 is 23.5 Å². The third-order valence-electron chi connectivity index (χ3n) is 16.5. The molecule has 9 N–H and O–H groups in total. The van der Waals surface area contributed by atoms with Crippen LogP contribution < -0.4 is 62.6 Å². The van der Waals surface area contributed by atoms with Gasteiger partial charge in [0.2, 0.25) is 41.5 Å². The van der Waals surface area contributed by atoms with Crippen LogP contribution in [-0.2, 0) is 24.0 Å². The number of fused-ring (bicyclic) bond motifs is 2. The minimum Gasteiger partial charge on any atom is -0.356 e. The van der Waals surface area contributed by atoms with Gasteiger partial charge in [0.25, 0.3) is 0 Å². The lowest BCUT2D eigenvalue weighted by atomic mass is 10.0. The lowest BCUT2D eigenvalue weighted by Crippen LogP contribution is -2.47. The number of ketones is 1. The molecular weight excluding hydrogens is 1030 g/mol. The van der Waals surface area contributed by atoms with E-state index in [2.05, 4.69) is 62.6 Å². The fourth-order valence-electron chi connectivity index (χ4n) is 12.0. The Bertz CT molecular complexity index is 2160. The van der Waals surface area contributed by atoms with Gasteiger partial charge in [0.15, 0.2) is 0 Å². The third kappa shape index (κ3) is 18.6. The van der Waals surface area contributed by atoms with E-state index in [1.807, 2.05) is 23.5 Å². The summed E-state index contributed by atoms with van der Waals surface area (Å²) >= 11 is 3.82. The van der Waals surface area contributed by atoms with E-state index in [9.17, 15) is 33.6 Å². The molecule has 8 amide bonds. The molecule has 0 saturated carbocycles. The first kappa shape index (κ1) is 59.3. The zero-order chi connectivity index (χ0) is 54.6. The zero-order valence-electron chi connectivity index (χ0n) is 46.1. The molecule has 0 radical (unpaired) electrons. The lowest BCUT2D eigenvalue weighted by molar-refractivity contribution is -0.122. The Balaban J connectivity index is 0.676. The summed E-state index contributed by atoms with van der Waals surface area (Å²) < 4.78 is 0. The molecule has 0 spiro atoms. The van der Waals surface area contributed by atoms with Crippen molar-refractivity contribution in [3.63, 3.8) is 0 Å². The maximum atomic E-state index is 13.0. The maximum Gasteiger partial charge on any atom is 0.315 e. The molecule has 1 aromatic rings. The molecule has 0 bridgehead atoms. The fourth-order valence-corrected chi connectivity index (χ4v) is 15.1. The first-order valence-corrected chi connectivity index (χ1v) is 31.7. The van der Waals surface area contributed by atoms with Crippen molar-refractivity contribution in [1.82, 2.24) is 62.8 Å². The van der Waals surface area contributed by atoms with Gasteiger partial charge in [0.05, 0.1) is 24.2 Å². The van der Waals surface area contributed by atoms with E-state index >= 15 is 0 Å². The van der Waals surface area contributed by atoms with Crippen molar-refractivity contribution in [3.8, 4) is 0 Å². The SMILES string of the molecule is CC(=O)NC1CCN(c2nc(N3CCC(NC(=O)CCCCCNCCC(=O)CCCCC4SCC5NC(=O)NC54)CC3)nc(N3CCC(NC(=O)CCCCCNC(=O)CCCCC4SCC5NC(=O)NC54)CC3)n2)CC1. The number of Topliss-reactive ketones (excluding diaryl/α,β-unsaturated/α-hetero) is 1. The van der Waals surface area contributed by atoms with Crippen LogP contribution in [0.2, 0.25) is 0 Å². The standard InChI is InChI=1S/C54H89N15O7S2/c1-36(70)57-37-19-28-67(29-20-37)50-64-51(68-30-21-38(22-31-68)58-46(73)16-4-2-10-25-55-27-18-40(71)12-6-7-13-43-48-41(34-77-43)60-53(75)62-48)66-52(65-50)69-32-23-39(24-33-69)59-47(74)17-5-3-11-26-56-45(72)15-9-8-14-44-49-42(35-78-44)61-54(76)63-49/h37-39,41-44,48-49,55H,2-35H2,1H3,(H,56,72)(H,57,70)(H,58,73)(H,59,74)(H2,60,62,75)(H2,61,63,76). The van der Waals surface area contributed by atoms with Crippen LogP contribution in [0.5, 0.6) is 0 Å². The molecule has 1 aromatic heterocycles. The maximum absolute atomic E-state index is 13.0. The molecule has 6 unspecified atom stereocenters. The number of amides is 8. The summed E-state index contributed by atoms with van der Waals surface area (Å²) in [5.41, 5.74) is 0. The van der Waals surface area contributed by atoms with Gasteiger partial charge >= 0.3 is 12.1 Å². The smallest absolute Gasteiger partial charge is 0.315 e. The van der Waals surface area contributed by atoms with Crippen LogP contribution in [0.4, 0.5) is 27.4 Å².